The van der Waals surface area contributed by atoms with Gasteiger partial charge in [0.05, 0.1) is 5.52 Å². The Morgan fingerprint density at radius 2 is 2.13 bits per heavy atom. The first-order chi connectivity index (χ1) is 10.7. The van der Waals surface area contributed by atoms with Gasteiger partial charge in [-0.1, -0.05) is 38.4 Å². The molecule has 0 saturated heterocycles. The van der Waals surface area contributed by atoms with Gasteiger partial charge in [0, 0.05) is 22.0 Å². The largest absolute Gasteiger partial charge is 0.476 e. The fourth-order valence-electron chi connectivity index (χ4n) is 2.61. The van der Waals surface area contributed by atoms with Crippen LogP contribution in [0, 0.1) is 5.41 Å². The molecule has 0 saturated carbocycles. The second-order valence-electron chi connectivity index (χ2n) is 6.74. The first-order valence-corrected chi connectivity index (χ1v) is 8.49. The van der Waals surface area contributed by atoms with Gasteiger partial charge in [0.15, 0.2) is 10.8 Å². The zero-order chi connectivity index (χ0) is 16.8. The maximum Gasteiger partial charge on any atom is 0.355 e. The number of aromatic carboxylic acids is 1. The van der Waals surface area contributed by atoms with Gasteiger partial charge in [0.2, 0.25) is 0 Å². The maximum absolute atomic E-state index is 11.1. The van der Waals surface area contributed by atoms with Crippen molar-refractivity contribution in [3.8, 4) is 5.13 Å². The number of hydrogen-bond donors (Lipinski definition) is 1. The third kappa shape index (κ3) is 3.26. The standard InChI is InChI=1S/C17H17ClN2O2S/c1-17(2,3)7-10-8-20(14-6-11(18)4-5-12(10)14)16-19-13(9-23-16)15(21)22/h4-6,8-9H,7H2,1-3H3,(H,21,22). The number of aromatic nitrogens is 2. The van der Waals surface area contributed by atoms with Gasteiger partial charge in [-0.15, -0.1) is 11.3 Å². The van der Waals surface area contributed by atoms with Crippen LogP contribution in [0.1, 0.15) is 36.8 Å². The molecule has 0 amide bonds. The maximum atomic E-state index is 11.1. The molecule has 3 aromatic rings. The fourth-order valence-corrected chi connectivity index (χ4v) is 3.57. The van der Waals surface area contributed by atoms with E-state index in [1.54, 1.807) is 5.38 Å². The van der Waals surface area contributed by atoms with Gasteiger partial charge in [-0.05, 0) is 29.5 Å². The number of fused-ring (bicyclic) bond motifs is 1. The molecule has 0 spiro atoms. The Morgan fingerprint density at radius 3 is 2.74 bits per heavy atom. The van der Waals surface area contributed by atoms with Crippen molar-refractivity contribution in [1.82, 2.24) is 9.55 Å². The fraction of sp³-hybridized carbons (Fsp3) is 0.294. The van der Waals surface area contributed by atoms with Gasteiger partial charge in [-0.2, -0.15) is 0 Å². The summed E-state index contributed by atoms with van der Waals surface area (Å²) in [4.78, 5) is 15.3. The lowest BCUT2D eigenvalue weighted by Crippen LogP contribution is -2.08. The van der Waals surface area contributed by atoms with E-state index in [1.165, 1.54) is 16.9 Å². The smallest absolute Gasteiger partial charge is 0.355 e. The molecule has 0 aliphatic carbocycles. The van der Waals surface area contributed by atoms with E-state index in [2.05, 4.69) is 25.8 Å². The minimum atomic E-state index is -1.02. The van der Waals surface area contributed by atoms with Gasteiger partial charge in [-0.3, -0.25) is 4.57 Å². The quantitative estimate of drug-likeness (QED) is 0.722. The summed E-state index contributed by atoms with van der Waals surface area (Å²) in [6.45, 7) is 6.58. The van der Waals surface area contributed by atoms with E-state index in [4.69, 9.17) is 16.7 Å². The number of carboxylic acids is 1. The Bertz CT molecular complexity index is 890. The van der Waals surface area contributed by atoms with Gasteiger partial charge in [0.1, 0.15) is 0 Å². The number of hydrogen-bond acceptors (Lipinski definition) is 3. The summed E-state index contributed by atoms with van der Waals surface area (Å²) in [6, 6.07) is 5.79. The molecule has 3 rings (SSSR count). The third-order valence-electron chi connectivity index (χ3n) is 3.49. The Kier molecular flexibility index (Phi) is 3.94. The van der Waals surface area contributed by atoms with Crippen LogP contribution in [0.3, 0.4) is 0 Å². The first kappa shape index (κ1) is 16.0. The molecule has 1 aromatic carbocycles. The van der Waals surface area contributed by atoms with Crippen LogP contribution in [-0.4, -0.2) is 20.6 Å². The van der Waals surface area contributed by atoms with E-state index in [-0.39, 0.29) is 11.1 Å². The van der Waals surface area contributed by atoms with E-state index < -0.39 is 5.97 Å². The van der Waals surface area contributed by atoms with Crippen molar-refractivity contribution < 1.29 is 9.90 Å². The zero-order valence-corrected chi connectivity index (χ0v) is 14.7. The SMILES string of the molecule is CC(C)(C)Cc1cn(-c2nc(C(=O)O)cs2)c2cc(Cl)ccc12. The highest BCUT2D eigenvalue weighted by Crippen LogP contribution is 2.32. The summed E-state index contributed by atoms with van der Waals surface area (Å²) in [5, 5.41) is 13.0. The summed E-state index contributed by atoms with van der Waals surface area (Å²) in [5.41, 5.74) is 2.36. The molecule has 0 fully saturated rings. The van der Waals surface area contributed by atoms with Gasteiger partial charge < -0.3 is 5.11 Å². The van der Waals surface area contributed by atoms with Crippen LogP contribution in [0.25, 0.3) is 16.0 Å². The van der Waals surface area contributed by atoms with Crippen molar-refractivity contribution in [3.63, 3.8) is 0 Å². The molecule has 120 valence electrons. The van der Waals surface area contributed by atoms with Crippen LogP contribution < -0.4 is 0 Å². The van der Waals surface area contributed by atoms with E-state index >= 15 is 0 Å². The lowest BCUT2D eigenvalue weighted by Gasteiger charge is -2.17. The Morgan fingerprint density at radius 1 is 1.39 bits per heavy atom. The number of nitrogens with zero attached hydrogens (tertiary/aromatic N) is 2. The predicted molar refractivity (Wildman–Crippen MR) is 94.1 cm³/mol. The lowest BCUT2D eigenvalue weighted by molar-refractivity contribution is 0.0691. The number of benzene rings is 1. The highest BCUT2D eigenvalue weighted by Gasteiger charge is 2.19. The number of halogens is 1. The van der Waals surface area contributed by atoms with Crippen molar-refractivity contribution in [2.75, 3.05) is 0 Å². The molecule has 0 radical (unpaired) electrons. The number of carbonyl (C=O) groups is 1. The second-order valence-corrected chi connectivity index (χ2v) is 8.02. The van der Waals surface area contributed by atoms with Crippen LogP contribution >= 0.6 is 22.9 Å². The van der Waals surface area contributed by atoms with Crippen molar-refractivity contribution in [1.29, 1.82) is 0 Å². The van der Waals surface area contributed by atoms with Gasteiger partial charge in [0.25, 0.3) is 0 Å². The van der Waals surface area contributed by atoms with E-state index in [0.717, 1.165) is 17.3 Å². The topological polar surface area (TPSA) is 55.1 Å². The second kappa shape index (κ2) is 5.65. The summed E-state index contributed by atoms with van der Waals surface area (Å²) in [7, 11) is 0. The molecule has 0 unspecified atom stereocenters. The molecule has 2 aromatic heterocycles. The summed E-state index contributed by atoms with van der Waals surface area (Å²) in [5.74, 6) is -1.02. The molecule has 0 aliphatic heterocycles. The normalized spacial score (nSPS) is 12.0. The van der Waals surface area contributed by atoms with Crippen molar-refractivity contribution in [3.05, 3.63) is 46.1 Å². The van der Waals surface area contributed by atoms with Crippen molar-refractivity contribution in [2.45, 2.75) is 27.2 Å². The molecule has 0 atom stereocenters. The minimum absolute atomic E-state index is 0.0613. The summed E-state index contributed by atoms with van der Waals surface area (Å²) >= 11 is 7.46. The highest BCUT2D eigenvalue weighted by molar-refractivity contribution is 7.12. The van der Waals surface area contributed by atoms with Gasteiger partial charge in [-0.25, -0.2) is 9.78 Å². The molecule has 6 heteroatoms. The first-order valence-electron chi connectivity index (χ1n) is 7.23. The minimum Gasteiger partial charge on any atom is -0.476 e. The molecule has 0 bridgehead atoms. The molecule has 4 nitrogen and oxygen atoms in total. The third-order valence-corrected chi connectivity index (χ3v) is 4.56. The van der Waals surface area contributed by atoms with Gasteiger partial charge >= 0.3 is 5.97 Å². The van der Waals surface area contributed by atoms with E-state index in [0.29, 0.717) is 10.2 Å². The molecular formula is C17H17ClN2O2S. The highest BCUT2D eigenvalue weighted by atomic mass is 35.5. The molecule has 0 aliphatic rings. The molecule has 1 N–H and O–H groups in total. The van der Waals surface area contributed by atoms with Crippen LogP contribution in [0.15, 0.2) is 29.8 Å². The Hall–Kier alpha value is -1.85. The Labute approximate surface area is 143 Å². The van der Waals surface area contributed by atoms with Crippen LogP contribution in [0.2, 0.25) is 5.02 Å². The molecule has 2 heterocycles. The predicted octanol–water partition coefficient (Wildman–Crippen LogP) is 5.03. The van der Waals surface area contributed by atoms with Crippen LogP contribution in [0.4, 0.5) is 0 Å². The van der Waals surface area contributed by atoms with E-state index in [9.17, 15) is 4.79 Å². The summed E-state index contributed by atoms with van der Waals surface area (Å²) in [6.07, 6.45) is 2.95. The number of rotatable bonds is 3. The monoisotopic (exact) mass is 348 g/mol. The van der Waals surface area contributed by atoms with Crippen LogP contribution in [-0.2, 0) is 6.42 Å². The number of carboxylic acid groups (broad SMARTS) is 1. The lowest BCUT2D eigenvalue weighted by atomic mass is 9.88. The van der Waals surface area contributed by atoms with E-state index in [1.807, 2.05) is 29.0 Å². The van der Waals surface area contributed by atoms with Crippen molar-refractivity contribution >= 4 is 39.8 Å². The number of thiazole rings is 1. The molecular weight excluding hydrogens is 332 g/mol. The average Bonchev–Trinajstić information content (AvgIpc) is 3.02. The van der Waals surface area contributed by atoms with Crippen LogP contribution in [0.5, 0.6) is 0 Å². The summed E-state index contributed by atoms with van der Waals surface area (Å²) < 4.78 is 1.93. The zero-order valence-electron chi connectivity index (χ0n) is 13.1. The van der Waals surface area contributed by atoms with Crippen molar-refractivity contribution in [2.24, 2.45) is 5.41 Å². The average molecular weight is 349 g/mol. The Balaban J connectivity index is 2.19. The molecule has 23 heavy (non-hydrogen) atoms.